The van der Waals surface area contributed by atoms with Crippen molar-refractivity contribution < 1.29 is 9.53 Å². The predicted octanol–water partition coefficient (Wildman–Crippen LogP) is 1.75. The number of nitrogens with zero attached hydrogens (tertiary/aromatic N) is 1. The van der Waals surface area contributed by atoms with E-state index in [9.17, 15) is 4.79 Å². The molecule has 1 aliphatic heterocycles. The van der Waals surface area contributed by atoms with Gasteiger partial charge in [-0.3, -0.25) is 4.79 Å². The molecule has 0 bridgehead atoms. The molecular weight excluding hydrogens is 252 g/mol. The van der Waals surface area contributed by atoms with E-state index in [0.29, 0.717) is 19.6 Å². The quantitative estimate of drug-likeness (QED) is 0.915. The second-order valence-corrected chi connectivity index (χ2v) is 6.11. The van der Waals surface area contributed by atoms with Crippen LogP contribution >= 0.6 is 0 Å². The Balaban J connectivity index is 2.17. The summed E-state index contributed by atoms with van der Waals surface area (Å²) in [6, 6.07) is 9.75. The third-order valence-electron chi connectivity index (χ3n) is 3.62. The lowest BCUT2D eigenvalue weighted by Gasteiger charge is -2.42. The maximum Gasteiger partial charge on any atom is 0.231 e. The lowest BCUT2D eigenvalue weighted by Crippen LogP contribution is -2.55. The van der Waals surface area contributed by atoms with Crippen LogP contribution in [-0.4, -0.2) is 42.1 Å². The largest absolute Gasteiger partial charge is 0.369 e. The van der Waals surface area contributed by atoms with E-state index in [1.54, 1.807) is 0 Å². The summed E-state index contributed by atoms with van der Waals surface area (Å²) >= 11 is 0. The van der Waals surface area contributed by atoms with Gasteiger partial charge in [0.1, 0.15) is 0 Å². The maximum atomic E-state index is 12.8. The van der Waals surface area contributed by atoms with E-state index in [-0.39, 0.29) is 23.5 Å². The van der Waals surface area contributed by atoms with E-state index in [1.165, 1.54) is 0 Å². The molecule has 0 saturated carbocycles. The first kappa shape index (κ1) is 15.0. The summed E-state index contributed by atoms with van der Waals surface area (Å²) in [5, 5.41) is 0. The van der Waals surface area contributed by atoms with Crippen LogP contribution in [0, 0.1) is 0 Å². The Kier molecular flexibility index (Phi) is 4.45. The maximum absolute atomic E-state index is 12.8. The molecule has 20 heavy (non-hydrogen) atoms. The summed E-state index contributed by atoms with van der Waals surface area (Å²) < 4.78 is 5.85. The molecule has 1 fully saturated rings. The molecule has 2 rings (SSSR count). The molecule has 0 spiro atoms. The molecule has 2 N–H and O–H groups in total. The van der Waals surface area contributed by atoms with Gasteiger partial charge in [0.15, 0.2) is 0 Å². The SMILES string of the molecule is C[C@@H]1CN(C(=O)[C@@H](CN)c2ccccc2)CC(C)(C)O1. The van der Waals surface area contributed by atoms with Crippen molar-refractivity contribution in [3.05, 3.63) is 35.9 Å². The summed E-state index contributed by atoms with van der Waals surface area (Å²) in [7, 11) is 0. The van der Waals surface area contributed by atoms with Crippen molar-refractivity contribution in [3.63, 3.8) is 0 Å². The zero-order valence-corrected chi connectivity index (χ0v) is 12.5. The highest BCUT2D eigenvalue weighted by Crippen LogP contribution is 2.25. The molecule has 1 aromatic carbocycles. The topological polar surface area (TPSA) is 55.6 Å². The first-order valence-electron chi connectivity index (χ1n) is 7.14. The molecule has 0 aliphatic carbocycles. The van der Waals surface area contributed by atoms with Crippen LogP contribution in [0.5, 0.6) is 0 Å². The second kappa shape index (κ2) is 5.94. The Morgan fingerprint density at radius 1 is 1.45 bits per heavy atom. The molecule has 0 aromatic heterocycles. The Hall–Kier alpha value is -1.39. The first-order chi connectivity index (χ1) is 9.43. The summed E-state index contributed by atoms with van der Waals surface area (Å²) in [6.07, 6.45) is 0.0527. The molecule has 1 aromatic rings. The third-order valence-corrected chi connectivity index (χ3v) is 3.62. The highest BCUT2D eigenvalue weighted by molar-refractivity contribution is 5.84. The number of rotatable bonds is 3. The minimum absolute atomic E-state index is 0.0527. The fraction of sp³-hybridized carbons (Fsp3) is 0.562. The Bertz CT molecular complexity index is 459. The molecule has 1 amide bonds. The van der Waals surface area contributed by atoms with E-state index < -0.39 is 0 Å². The molecule has 2 atom stereocenters. The molecular formula is C16H24N2O2. The van der Waals surface area contributed by atoms with E-state index in [1.807, 2.05) is 56.0 Å². The van der Waals surface area contributed by atoms with Crippen LogP contribution in [0.3, 0.4) is 0 Å². The normalized spacial score (nSPS) is 23.4. The Morgan fingerprint density at radius 2 is 2.10 bits per heavy atom. The van der Waals surface area contributed by atoms with Crippen molar-refractivity contribution in [1.29, 1.82) is 0 Å². The number of ether oxygens (including phenoxy) is 1. The van der Waals surface area contributed by atoms with Crippen molar-refractivity contribution in [3.8, 4) is 0 Å². The number of hydrogen-bond donors (Lipinski definition) is 1. The van der Waals surface area contributed by atoms with Crippen molar-refractivity contribution in [2.75, 3.05) is 19.6 Å². The number of hydrogen-bond acceptors (Lipinski definition) is 3. The highest BCUT2D eigenvalue weighted by Gasteiger charge is 2.36. The summed E-state index contributed by atoms with van der Waals surface area (Å²) in [4.78, 5) is 14.6. The van der Waals surface area contributed by atoms with Gasteiger partial charge in [0, 0.05) is 19.6 Å². The van der Waals surface area contributed by atoms with Crippen molar-refractivity contribution in [2.45, 2.75) is 38.4 Å². The van der Waals surface area contributed by atoms with Gasteiger partial charge in [-0.2, -0.15) is 0 Å². The minimum atomic E-state index is -0.302. The molecule has 4 heteroatoms. The number of nitrogens with two attached hydrogens (primary N) is 1. The highest BCUT2D eigenvalue weighted by atomic mass is 16.5. The van der Waals surface area contributed by atoms with Gasteiger partial charge in [-0.25, -0.2) is 0 Å². The van der Waals surface area contributed by atoms with Gasteiger partial charge in [-0.1, -0.05) is 30.3 Å². The lowest BCUT2D eigenvalue weighted by atomic mass is 9.96. The van der Waals surface area contributed by atoms with Crippen LogP contribution in [0.15, 0.2) is 30.3 Å². The van der Waals surface area contributed by atoms with Crippen LogP contribution in [-0.2, 0) is 9.53 Å². The van der Waals surface area contributed by atoms with Crippen molar-refractivity contribution in [1.82, 2.24) is 4.90 Å². The zero-order valence-electron chi connectivity index (χ0n) is 12.5. The molecule has 4 nitrogen and oxygen atoms in total. The van der Waals surface area contributed by atoms with Gasteiger partial charge in [0.25, 0.3) is 0 Å². The van der Waals surface area contributed by atoms with Gasteiger partial charge in [-0.05, 0) is 26.3 Å². The van der Waals surface area contributed by atoms with Gasteiger partial charge >= 0.3 is 0 Å². The summed E-state index contributed by atoms with van der Waals surface area (Å²) in [5.41, 5.74) is 6.52. The van der Waals surface area contributed by atoms with Gasteiger partial charge in [0.05, 0.1) is 17.6 Å². The third kappa shape index (κ3) is 3.38. The number of carbonyl (C=O) groups is 1. The van der Waals surface area contributed by atoms with Crippen LogP contribution < -0.4 is 5.73 Å². The minimum Gasteiger partial charge on any atom is -0.369 e. The lowest BCUT2D eigenvalue weighted by molar-refractivity contribution is -0.159. The fourth-order valence-electron chi connectivity index (χ4n) is 2.91. The monoisotopic (exact) mass is 276 g/mol. The Morgan fingerprint density at radius 3 is 2.65 bits per heavy atom. The number of morpholine rings is 1. The Labute approximate surface area is 120 Å². The van der Waals surface area contributed by atoms with E-state index in [0.717, 1.165) is 5.56 Å². The van der Waals surface area contributed by atoms with Crippen LogP contribution in [0.1, 0.15) is 32.3 Å². The molecule has 0 radical (unpaired) electrons. The first-order valence-corrected chi connectivity index (χ1v) is 7.14. The molecule has 110 valence electrons. The van der Waals surface area contributed by atoms with Crippen molar-refractivity contribution >= 4 is 5.91 Å². The van der Waals surface area contributed by atoms with Crippen LogP contribution in [0.4, 0.5) is 0 Å². The standard InChI is InChI=1S/C16H24N2O2/c1-12-10-18(11-16(2,3)20-12)15(19)14(9-17)13-7-5-4-6-8-13/h4-8,12,14H,9-11,17H2,1-3H3/t12-,14+/m1/s1. The number of benzene rings is 1. The predicted molar refractivity (Wildman–Crippen MR) is 79.4 cm³/mol. The summed E-state index contributed by atoms with van der Waals surface area (Å²) in [5.74, 6) is -0.167. The van der Waals surface area contributed by atoms with Crippen LogP contribution in [0.2, 0.25) is 0 Å². The van der Waals surface area contributed by atoms with Gasteiger partial charge in [0.2, 0.25) is 5.91 Å². The molecule has 1 saturated heterocycles. The van der Waals surface area contributed by atoms with E-state index in [2.05, 4.69) is 0 Å². The zero-order chi connectivity index (χ0) is 14.8. The van der Waals surface area contributed by atoms with Gasteiger partial charge < -0.3 is 15.4 Å². The second-order valence-electron chi connectivity index (χ2n) is 6.11. The van der Waals surface area contributed by atoms with Crippen LogP contribution in [0.25, 0.3) is 0 Å². The number of carbonyl (C=O) groups excluding carboxylic acids is 1. The molecule has 1 heterocycles. The average molecular weight is 276 g/mol. The average Bonchev–Trinajstić information content (AvgIpc) is 2.38. The molecule has 1 aliphatic rings. The smallest absolute Gasteiger partial charge is 0.231 e. The van der Waals surface area contributed by atoms with Gasteiger partial charge in [-0.15, -0.1) is 0 Å². The van der Waals surface area contributed by atoms with E-state index in [4.69, 9.17) is 10.5 Å². The fourth-order valence-corrected chi connectivity index (χ4v) is 2.91. The van der Waals surface area contributed by atoms with Crippen molar-refractivity contribution in [2.24, 2.45) is 5.73 Å². The number of amides is 1. The van der Waals surface area contributed by atoms with E-state index >= 15 is 0 Å². The molecule has 0 unspecified atom stereocenters. The summed E-state index contributed by atoms with van der Waals surface area (Å²) in [6.45, 7) is 7.60.